The molecule has 0 aromatic heterocycles. The van der Waals surface area contributed by atoms with E-state index in [0.29, 0.717) is 37.8 Å². The molecule has 3 aromatic rings. The van der Waals surface area contributed by atoms with Crippen LogP contribution in [-0.2, 0) is 51.1 Å². The number of phenols is 1. The highest BCUT2D eigenvalue weighted by Crippen LogP contribution is 2.25. The van der Waals surface area contributed by atoms with Crippen LogP contribution in [0.15, 0.2) is 77.7 Å². The molecule has 0 radical (unpaired) electrons. The highest BCUT2D eigenvalue weighted by Gasteiger charge is 2.36. The smallest absolute Gasteiger partial charge is 0.329 e. The third-order valence-corrected chi connectivity index (χ3v) is 10.5. The van der Waals surface area contributed by atoms with Crippen LogP contribution in [0.4, 0.5) is 4.39 Å². The van der Waals surface area contributed by atoms with Gasteiger partial charge < -0.3 is 20.1 Å². The lowest BCUT2D eigenvalue weighted by Gasteiger charge is -2.29. The van der Waals surface area contributed by atoms with Crippen LogP contribution in [0.1, 0.15) is 82.4 Å². The van der Waals surface area contributed by atoms with Crippen molar-refractivity contribution in [3.8, 4) is 5.75 Å². The van der Waals surface area contributed by atoms with Gasteiger partial charge in [0.2, 0.25) is 11.8 Å². The summed E-state index contributed by atoms with van der Waals surface area (Å²) in [5, 5.41) is 12.9. The minimum Gasteiger partial charge on any atom is -0.508 e. The van der Waals surface area contributed by atoms with Gasteiger partial charge in [0.05, 0.1) is 17.5 Å². The number of benzene rings is 3. The number of ketones is 1. The largest absolute Gasteiger partial charge is 0.508 e. The van der Waals surface area contributed by atoms with Crippen LogP contribution in [0.25, 0.3) is 0 Å². The molecule has 0 aliphatic carbocycles. The minimum atomic E-state index is -3.98. The number of Topliss-reactive ketones (excluding diaryl/α,β-unsaturated/α-hetero) is 1. The van der Waals surface area contributed by atoms with E-state index in [1.54, 1.807) is 57.2 Å². The second-order valence-corrected chi connectivity index (χ2v) is 16.4. The fourth-order valence-corrected chi connectivity index (χ4v) is 7.25. The van der Waals surface area contributed by atoms with E-state index in [0.717, 1.165) is 11.1 Å². The number of likely N-dealkylation sites (tertiary alicyclic amines) is 1. The zero-order chi connectivity index (χ0) is 39.5. The Kier molecular flexibility index (Phi) is 14.9. The van der Waals surface area contributed by atoms with Gasteiger partial charge in [-0.05, 0) is 114 Å². The zero-order valence-corrected chi connectivity index (χ0v) is 32.2. The Hall–Kier alpha value is -4.62. The number of hydrogen-bond donors (Lipinski definition) is 2. The molecule has 1 aliphatic heterocycles. The van der Waals surface area contributed by atoms with Gasteiger partial charge in [0.25, 0.3) is 10.1 Å². The number of amides is 2. The van der Waals surface area contributed by atoms with Crippen molar-refractivity contribution in [2.45, 2.75) is 108 Å². The molecule has 11 nitrogen and oxygen atoms in total. The van der Waals surface area contributed by atoms with Gasteiger partial charge in [-0.2, -0.15) is 8.42 Å². The van der Waals surface area contributed by atoms with E-state index in [4.69, 9.17) is 8.92 Å². The first-order valence-corrected chi connectivity index (χ1v) is 19.8. The highest BCUT2D eigenvalue weighted by atomic mass is 32.2. The van der Waals surface area contributed by atoms with E-state index in [1.807, 2.05) is 6.92 Å². The van der Waals surface area contributed by atoms with Crippen LogP contribution in [0.2, 0.25) is 0 Å². The summed E-state index contributed by atoms with van der Waals surface area (Å²) < 4.78 is 49.8. The number of ether oxygens (including phenoxy) is 1. The van der Waals surface area contributed by atoms with Gasteiger partial charge in [-0.3, -0.25) is 18.6 Å². The summed E-state index contributed by atoms with van der Waals surface area (Å²) in [6, 6.07) is 16.6. The molecule has 3 aromatic carbocycles. The normalized spacial score (nSPS) is 15.1. The third kappa shape index (κ3) is 13.0. The topological polar surface area (TPSA) is 156 Å². The lowest BCUT2D eigenvalue weighted by molar-refractivity contribution is -0.159. The average molecular weight is 767 g/mol. The summed E-state index contributed by atoms with van der Waals surface area (Å²) >= 11 is 0. The molecule has 292 valence electrons. The van der Waals surface area contributed by atoms with Crippen LogP contribution < -0.4 is 5.32 Å². The van der Waals surface area contributed by atoms with E-state index in [2.05, 4.69) is 5.32 Å². The zero-order valence-electron chi connectivity index (χ0n) is 31.4. The number of phenolic OH excluding ortho intramolecular Hbond substituents is 1. The molecule has 13 heteroatoms. The van der Waals surface area contributed by atoms with Crippen molar-refractivity contribution in [3.63, 3.8) is 0 Å². The van der Waals surface area contributed by atoms with Crippen LogP contribution in [0.3, 0.4) is 0 Å². The van der Waals surface area contributed by atoms with Crippen molar-refractivity contribution in [1.29, 1.82) is 0 Å². The number of aromatic hydroxyl groups is 1. The molecule has 1 fully saturated rings. The molecular formula is C41H51FN2O9S. The summed E-state index contributed by atoms with van der Waals surface area (Å²) in [6.45, 7) is 7.18. The van der Waals surface area contributed by atoms with Crippen molar-refractivity contribution >= 4 is 33.7 Å². The lowest BCUT2D eigenvalue weighted by Crippen LogP contribution is -2.48. The molecule has 0 unspecified atom stereocenters. The highest BCUT2D eigenvalue weighted by molar-refractivity contribution is 7.86. The number of hydrogen-bond acceptors (Lipinski definition) is 9. The van der Waals surface area contributed by atoms with E-state index in [9.17, 15) is 37.1 Å². The Labute approximate surface area is 317 Å². The van der Waals surface area contributed by atoms with Gasteiger partial charge in [0, 0.05) is 31.7 Å². The fraction of sp³-hybridized carbons (Fsp3) is 0.463. The van der Waals surface area contributed by atoms with E-state index in [1.165, 1.54) is 41.3 Å². The monoisotopic (exact) mass is 766 g/mol. The predicted molar refractivity (Wildman–Crippen MR) is 200 cm³/mol. The minimum absolute atomic E-state index is 0.0237. The van der Waals surface area contributed by atoms with Crippen LogP contribution in [0, 0.1) is 18.7 Å². The second kappa shape index (κ2) is 19.1. The summed E-state index contributed by atoms with van der Waals surface area (Å²) in [5.74, 6) is -3.07. The molecule has 1 heterocycles. The molecule has 1 saturated heterocycles. The maximum Gasteiger partial charge on any atom is 0.329 e. The molecular weight excluding hydrogens is 716 g/mol. The van der Waals surface area contributed by atoms with Gasteiger partial charge in [-0.25, -0.2) is 9.18 Å². The first kappa shape index (κ1) is 42.1. The average Bonchev–Trinajstić information content (AvgIpc) is 3.53. The fourth-order valence-electron chi connectivity index (χ4n) is 6.30. The summed E-state index contributed by atoms with van der Waals surface area (Å²) in [6.07, 6.45) is 1.98. The molecule has 2 N–H and O–H groups in total. The van der Waals surface area contributed by atoms with E-state index in [-0.39, 0.29) is 61.0 Å². The Morgan fingerprint density at radius 2 is 1.67 bits per heavy atom. The van der Waals surface area contributed by atoms with E-state index >= 15 is 0 Å². The number of nitrogens with one attached hydrogen (secondary N) is 1. The Morgan fingerprint density at radius 1 is 0.963 bits per heavy atom. The molecule has 54 heavy (non-hydrogen) atoms. The number of esters is 1. The van der Waals surface area contributed by atoms with Crippen LogP contribution >= 0.6 is 0 Å². The van der Waals surface area contributed by atoms with Crippen LogP contribution in [0.5, 0.6) is 5.75 Å². The first-order valence-electron chi connectivity index (χ1n) is 18.3. The van der Waals surface area contributed by atoms with Crippen molar-refractivity contribution in [2.75, 3.05) is 13.2 Å². The maximum atomic E-state index is 14.1. The quantitative estimate of drug-likeness (QED) is 0.0851. The SMILES string of the molecule is Cc1ccc(S(=O)(=O)OCCCC[C@H](NC(=O)[C@H](CCc2ccc(F)cc2)CC(=O)[C@H](Cc2cccc(O)c2)N2CCCC2=O)C(=O)OC(C)(C)C)cc1. The van der Waals surface area contributed by atoms with Crippen molar-refractivity contribution in [3.05, 3.63) is 95.3 Å². The van der Waals surface area contributed by atoms with Crippen molar-refractivity contribution < 1.29 is 46.0 Å². The van der Waals surface area contributed by atoms with Gasteiger partial charge >= 0.3 is 5.97 Å². The Balaban J connectivity index is 1.51. The van der Waals surface area contributed by atoms with Crippen molar-refractivity contribution in [1.82, 2.24) is 10.2 Å². The molecule has 4 rings (SSSR count). The number of carbonyl (C=O) groups excluding carboxylic acids is 4. The van der Waals surface area contributed by atoms with Gasteiger partial charge in [0.15, 0.2) is 5.78 Å². The molecule has 2 amide bonds. The molecule has 0 saturated carbocycles. The molecule has 1 aliphatic rings. The van der Waals surface area contributed by atoms with Gasteiger partial charge in [-0.15, -0.1) is 0 Å². The van der Waals surface area contributed by atoms with Gasteiger partial charge in [-0.1, -0.05) is 42.0 Å². The standard InChI is InChI=1S/C41H51FN2O9S/c1-28-13-21-34(22-14-28)54(50,51)52-24-6-5-11-35(40(49)53-41(2,3)4)43-39(48)31(18-15-29-16-19-32(42)20-17-29)27-37(46)36(44-23-8-12-38(44)47)26-30-9-7-10-33(45)25-30/h7,9-10,13-14,16-17,19-22,25,31,35-36,45H,5-6,8,11-12,15,18,23-24,26-27H2,1-4H3,(H,43,48)/t31-,35+,36+/m1/s1. The molecule has 0 bridgehead atoms. The Bertz CT molecular complexity index is 1860. The number of nitrogens with zero attached hydrogens (tertiary/aromatic N) is 1. The number of unbranched alkanes of at least 4 members (excludes halogenated alkanes) is 1. The second-order valence-electron chi connectivity index (χ2n) is 14.8. The van der Waals surface area contributed by atoms with E-state index < -0.39 is 51.4 Å². The number of carbonyl (C=O) groups is 4. The summed E-state index contributed by atoms with van der Waals surface area (Å²) in [5.41, 5.74) is 1.43. The molecule has 0 spiro atoms. The van der Waals surface area contributed by atoms with Crippen molar-refractivity contribution in [2.24, 2.45) is 5.92 Å². The summed E-state index contributed by atoms with van der Waals surface area (Å²) in [4.78, 5) is 56.1. The third-order valence-electron chi connectivity index (χ3n) is 9.15. The number of aryl methyl sites for hydroxylation is 2. The predicted octanol–water partition coefficient (Wildman–Crippen LogP) is 5.98. The lowest BCUT2D eigenvalue weighted by atomic mass is 9.89. The number of halogens is 1. The Morgan fingerprint density at radius 3 is 2.30 bits per heavy atom. The van der Waals surface area contributed by atoms with Gasteiger partial charge in [0.1, 0.15) is 23.2 Å². The van der Waals surface area contributed by atoms with Crippen LogP contribution in [-0.4, -0.2) is 72.8 Å². The molecule has 3 atom stereocenters. The number of rotatable bonds is 19. The maximum absolute atomic E-state index is 14.1. The summed E-state index contributed by atoms with van der Waals surface area (Å²) in [7, 11) is -3.98. The first-order chi connectivity index (χ1) is 25.5.